The van der Waals surface area contributed by atoms with Crippen molar-refractivity contribution in [1.82, 2.24) is 10.2 Å². The number of amides is 2. The van der Waals surface area contributed by atoms with Crippen LogP contribution in [-0.4, -0.2) is 44.3 Å². The van der Waals surface area contributed by atoms with Crippen LogP contribution in [-0.2, 0) is 26.2 Å². The van der Waals surface area contributed by atoms with E-state index in [1.165, 1.54) is 17.0 Å². The van der Waals surface area contributed by atoms with Crippen molar-refractivity contribution in [3.63, 3.8) is 0 Å². The summed E-state index contributed by atoms with van der Waals surface area (Å²) in [6.45, 7) is 9.55. The van der Waals surface area contributed by atoms with Gasteiger partial charge in [-0.1, -0.05) is 86.8 Å². The van der Waals surface area contributed by atoms with Crippen LogP contribution in [0.1, 0.15) is 63.1 Å². The molecule has 42 heavy (non-hydrogen) atoms. The average Bonchev–Trinajstić information content (AvgIpc) is 2.96. The largest absolute Gasteiger partial charge is 0.354 e. The predicted molar refractivity (Wildman–Crippen MR) is 171 cm³/mol. The Morgan fingerprint density at radius 3 is 2.02 bits per heavy atom. The summed E-state index contributed by atoms with van der Waals surface area (Å²) in [5.41, 5.74) is 2.76. The van der Waals surface area contributed by atoms with Crippen LogP contribution in [0.5, 0.6) is 0 Å². The second kappa shape index (κ2) is 14.9. The van der Waals surface area contributed by atoms with Crippen molar-refractivity contribution in [1.29, 1.82) is 0 Å². The van der Waals surface area contributed by atoms with Gasteiger partial charge in [0.2, 0.25) is 11.8 Å². The number of sulfonamides is 1. The molecule has 3 rings (SSSR count). The van der Waals surface area contributed by atoms with E-state index in [1.54, 1.807) is 49.4 Å². The van der Waals surface area contributed by atoms with Gasteiger partial charge in [0.05, 0.1) is 10.6 Å². The first-order chi connectivity index (χ1) is 19.9. The molecule has 7 nitrogen and oxygen atoms in total. The summed E-state index contributed by atoms with van der Waals surface area (Å²) in [5.74, 6) is -0.649. The molecule has 0 spiro atoms. The van der Waals surface area contributed by atoms with E-state index >= 15 is 0 Å². The van der Waals surface area contributed by atoms with Gasteiger partial charge in [0, 0.05) is 28.7 Å². The fourth-order valence-corrected chi connectivity index (χ4v) is 6.46. The summed E-state index contributed by atoms with van der Waals surface area (Å²) in [6.07, 6.45) is 1.03. The zero-order valence-electron chi connectivity index (χ0n) is 24.7. The number of carbonyl (C=O) groups excluding carboxylic acids is 2. The van der Waals surface area contributed by atoms with Gasteiger partial charge in [-0.2, -0.15) is 0 Å². The molecule has 1 atom stereocenters. The molecule has 0 saturated carbocycles. The zero-order chi connectivity index (χ0) is 31.0. The van der Waals surface area contributed by atoms with E-state index in [-0.39, 0.29) is 23.3 Å². The molecule has 3 aromatic rings. The Balaban J connectivity index is 2.10. The minimum atomic E-state index is -4.16. The predicted octanol–water partition coefficient (Wildman–Crippen LogP) is 6.95. The third kappa shape index (κ3) is 8.06. The second-order valence-corrected chi connectivity index (χ2v) is 13.2. The highest BCUT2D eigenvalue weighted by atomic mass is 35.5. The van der Waals surface area contributed by atoms with Gasteiger partial charge < -0.3 is 10.2 Å². The Kier molecular flexibility index (Phi) is 11.9. The number of halogens is 2. The van der Waals surface area contributed by atoms with Gasteiger partial charge in [-0.3, -0.25) is 13.9 Å². The van der Waals surface area contributed by atoms with E-state index in [2.05, 4.69) is 5.32 Å². The van der Waals surface area contributed by atoms with E-state index < -0.39 is 28.5 Å². The number of hydrogen-bond acceptors (Lipinski definition) is 4. The minimum Gasteiger partial charge on any atom is -0.354 e. The smallest absolute Gasteiger partial charge is 0.264 e. The van der Waals surface area contributed by atoms with Crippen molar-refractivity contribution < 1.29 is 18.0 Å². The van der Waals surface area contributed by atoms with Gasteiger partial charge in [0.1, 0.15) is 12.6 Å². The van der Waals surface area contributed by atoms with Crippen LogP contribution in [0.3, 0.4) is 0 Å². The van der Waals surface area contributed by atoms with Crippen LogP contribution in [0.2, 0.25) is 10.0 Å². The van der Waals surface area contributed by atoms with Crippen molar-refractivity contribution in [2.24, 2.45) is 0 Å². The first kappa shape index (κ1) is 33.4. The summed E-state index contributed by atoms with van der Waals surface area (Å²) < 4.78 is 29.2. The zero-order valence-corrected chi connectivity index (χ0v) is 27.1. The number of nitrogens with zero attached hydrogens (tertiary/aromatic N) is 2. The van der Waals surface area contributed by atoms with Crippen molar-refractivity contribution >= 4 is 50.7 Å². The highest BCUT2D eigenvalue weighted by Gasteiger charge is 2.34. The topological polar surface area (TPSA) is 86.8 Å². The summed E-state index contributed by atoms with van der Waals surface area (Å²) in [4.78, 5) is 28.9. The average molecular weight is 633 g/mol. The SMILES string of the molecule is CCCNC(=O)C(CC)N(Cc1c(Cl)cccc1Cl)C(=O)CN(c1ccc(C(C)C)cc1)S(=O)(=O)c1ccc(C)cc1. The summed E-state index contributed by atoms with van der Waals surface area (Å²) >= 11 is 12.9. The lowest BCUT2D eigenvalue weighted by atomic mass is 10.0. The van der Waals surface area contributed by atoms with E-state index in [0.717, 1.165) is 21.9 Å². The lowest BCUT2D eigenvalue weighted by molar-refractivity contribution is -0.140. The van der Waals surface area contributed by atoms with E-state index in [0.29, 0.717) is 34.3 Å². The molecular formula is C32H39Cl2N3O4S. The molecule has 226 valence electrons. The number of nitrogens with one attached hydrogen (secondary N) is 1. The summed E-state index contributed by atoms with van der Waals surface area (Å²) in [7, 11) is -4.16. The molecule has 10 heteroatoms. The lowest BCUT2D eigenvalue weighted by Crippen LogP contribution is -2.52. The number of benzene rings is 3. The highest BCUT2D eigenvalue weighted by molar-refractivity contribution is 7.92. The van der Waals surface area contributed by atoms with Crippen LogP contribution in [0, 0.1) is 6.92 Å². The Bertz CT molecular complexity index is 1460. The Morgan fingerprint density at radius 1 is 0.905 bits per heavy atom. The minimum absolute atomic E-state index is 0.0577. The standard InChI is InChI=1S/C32H39Cl2N3O4S/c1-6-19-35-32(39)30(7-2)36(20-27-28(33)9-8-10-29(27)34)31(38)21-37(25-15-13-24(14-16-25)22(3)4)42(40,41)26-17-11-23(5)12-18-26/h8-18,22,30H,6-7,19-21H2,1-5H3,(H,35,39). The van der Waals surface area contributed by atoms with Crippen molar-refractivity contribution in [3.8, 4) is 0 Å². The number of rotatable bonds is 13. The molecule has 0 heterocycles. The monoisotopic (exact) mass is 631 g/mol. The molecule has 0 radical (unpaired) electrons. The van der Waals surface area contributed by atoms with E-state index in [4.69, 9.17) is 23.2 Å². The van der Waals surface area contributed by atoms with Crippen molar-refractivity contribution in [3.05, 3.63) is 93.5 Å². The van der Waals surface area contributed by atoms with Crippen LogP contribution in [0.25, 0.3) is 0 Å². The van der Waals surface area contributed by atoms with Crippen LogP contribution < -0.4 is 9.62 Å². The summed E-state index contributed by atoms with van der Waals surface area (Å²) in [6, 6.07) is 17.7. The molecule has 3 aromatic carbocycles. The van der Waals surface area contributed by atoms with Crippen molar-refractivity contribution in [2.45, 2.75) is 70.9 Å². The maximum atomic E-state index is 14.2. The van der Waals surface area contributed by atoms with Crippen LogP contribution in [0.15, 0.2) is 71.6 Å². The normalized spacial score (nSPS) is 12.2. The molecule has 2 amide bonds. The molecule has 0 aliphatic heterocycles. The van der Waals surface area contributed by atoms with Gasteiger partial charge >= 0.3 is 0 Å². The number of hydrogen-bond donors (Lipinski definition) is 1. The molecular weight excluding hydrogens is 593 g/mol. The molecule has 1 N–H and O–H groups in total. The summed E-state index contributed by atoms with van der Waals surface area (Å²) in [5, 5.41) is 3.56. The molecule has 0 aliphatic carbocycles. The van der Waals surface area contributed by atoms with Gasteiger partial charge in [0.25, 0.3) is 10.0 Å². The maximum Gasteiger partial charge on any atom is 0.264 e. The third-order valence-corrected chi connectivity index (χ3v) is 9.56. The lowest BCUT2D eigenvalue weighted by Gasteiger charge is -2.33. The molecule has 0 saturated heterocycles. The first-order valence-electron chi connectivity index (χ1n) is 14.1. The first-order valence-corrected chi connectivity index (χ1v) is 16.3. The molecule has 0 aromatic heterocycles. The fourth-order valence-electron chi connectivity index (χ4n) is 4.53. The van der Waals surface area contributed by atoms with Crippen LogP contribution >= 0.6 is 23.2 Å². The quantitative estimate of drug-likeness (QED) is 0.221. The molecule has 1 unspecified atom stereocenters. The number of carbonyl (C=O) groups is 2. The van der Waals surface area contributed by atoms with Crippen LogP contribution in [0.4, 0.5) is 5.69 Å². The Hall–Kier alpha value is -3.07. The van der Waals surface area contributed by atoms with Gasteiger partial charge in [-0.05, 0) is 67.6 Å². The van der Waals surface area contributed by atoms with E-state index in [9.17, 15) is 18.0 Å². The molecule has 0 bridgehead atoms. The van der Waals surface area contributed by atoms with Gasteiger partial charge in [0.15, 0.2) is 0 Å². The van der Waals surface area contributed by atoms with Gasteiger partial charge in [-0.25, -0.2) is 8.42 Å². The molecule has 0 aliphatic rings. The fraction of sp³-hybridized carbons (Fsp3) is 0.375. The number of anilines is 1. The second-order valence-electron chi connectivity index (χ2n) is 10.5. The highest BCUT2D eigenvalue weighted by Crippen LogP contribution is 2.29. The maximum absolute atomic E-state index is 14.2. The van der Waals surface area contributed by atoms with E-state index in [1.807, 2.05) is 39.8 Å². The molecule has 0 fully saturated rings. The Labute approximate surface area is 259 Å². The van der Waals surface area contributed by atoms with Crippen molar-refractivity contribution in [2.75, 3.05) is 17.4 Å². The van der Waals surface area contributed by atoms with Gasteiger partial charge in [-0.15, -0.1) is 0 Å². The third-order valence-electron chi connectivity index (χ3n) is 7.06. The Morgan fingerprint density at radius 2 is 1.50 bits per heavy atom. The number of aryl methyl sites for hydroxylation is 1.